The highest BCUT2D eigenvalue weighted by atomic mass is 16.5. The summed E-state index contributed by atoms with van der Waals surface area (Å²) in [6, 6.07) is 7.58. The van der Waals surface area contributed by atoms with Crippen LogP contribution in [0.15, 0.2) is 58.5 Å². The monoisotopic (exact) mass is 428 g/mol. The Balaban J connectivity index is 1.51. The average Bonchev–Trinajstić information content (AvgIpc) is 3.38. The zero-order chi connectivity index (χ0) is 22.7. The minimum absolute atomic E-state index is 0.173. The number of nitrogens with one attached hydrogen (secondary N) is 2. The number of fused-ring (bicyclic) bond motifs is 2. The lowest BCUT2D eigenvalue weighted by Gasteiger charge is -2.13. The van der Waals surface area contributed by atoms with E-state index < -0.39 is 0 Å². The van der Waals surface area contributed by atoms with Crippen LogP contribution < -0.4 is 11.1 Å². The van der Waals surface area contributed by atoms with Gasteiger partial charge in [-0.05, 0) is 43.7 Å². The van der Waals surface area contributed by atoms with Gasteiger partial charge < -0.3 is 20.6 Å². The highest BCUT2D eigenvalue weighted by molar-refractivity contribution is 6.10. The molecule has 4 N–H and O–H groups in total. The fourth-order valence-electron chi connectivity index (χ4n) is 3.53. The topological polar surface area (TPSA) is 122 Å². The van der Waals surface area contributed by atoms with Crippen molar-refractivity contribution in [2.24, 2.45) is 10.7 Å². The summed E-state index contributed by atoms with van der Waals surface area (Å²) < 4.78 is 5.25. The van der Waals surface area contributed by atoms with Gasteiger partial charge in [0.1, 0.15) is 5.65 Å². The molecule has 1 aromatic carbocycles. The Hall–Kier alpha value is -4.20. The van der Waals surface area contributed by atoms with Gasteiger partial charge in [-0.15, -0.1) is 0 Å². The number of benzene rings is 1. The van der Waals surface area contributed by atoms with E-state index in [4.69, 9.17) is 10.3 Å². The molecule has 0 saturated carbocycles. The minimum atomic E-state index is -0.196. The molecule has 162 valence electrons. The molecule has 0 aliphatic rings. The lowest BCUT2D eigenvalue weighted by atomic mass is 10.1. The fraction of sp³-hybridized carbons (Fsp3) is 0.167. The van der Waals surface area contributed by atoms with Crippen LogP contribution in [0, 0.1) is 6.92 Å². The summed E-state index contributed by atoms with van der Waals surface area (Å²) >= 11 is 0. The maximum atomic E-state index is 12.5. The van der Waals surface area contributed by atoms with Crippen molar-refractivity contribution in [1.29, 1.82) is 0 Å². The van der Waals surface area contributed by atoms with Crippen LogP contribution in [0.2, 0.25) is 0 Å². The van der Waals surface area contributed by atoms with Crippen LogP contribution in [0.5, 0.6) is 0 Å². The first-order chi connectivity index (χ1) is 15.5. The van der Waals surface area contributed by atoms with E-state index >= 15 is 0 Å². The highest BCUT2D eigenvalue weighted by Gasteiger charge is 2.12. The first-order valence-corrected chi connectivity index (χ1v) is 10.2. The lowest BCUT2D eigenvalue weighted by Crippen LogP contribution is -2.24. The van der Waals surface area contributed by atoms with Crippen molar-refractivity contribution in [2.45, 2.75) is 19.9 Å². The third kappa shape index (κ3) is 4.15. The Labute approximate surface area is 184 Å². The third-order valence-corrected chi connectivity index (χ3v) is 5.29. The predicted molar refractivity (Wildman–Crippen MR) is 127 cm³/mol. The van der Waals surface area contributed by atoms with Gasteiger partial charge in [-0.1, -0.05) is 11.2 Å². The molecule has 0 saturated heterocycles. The predicted octanol–water partition coefficient (Wildman–Crippen LogP) is 3.90. The van der Waals surface area contributed by atoms with E-state index in [1.807, 2.05) is 44.3 Å². The number of nitrogens with zero attached hydrogens (tertiary/aromatic N) is 3. The van der Waals surface area contributed by atoms with Crippen molar-refractivity contribution in [1.82, 2.24) is 20.4 Å². The van der Waals surface area contributed by atoms with E-state index in [0.29, 0.717) is 0 Å². The van der Waals surface area contributed by atoms with Gasteiger partial charge in [0.2, 0.25) is 5.91 Å². The molecule has 0 fully saturated rings. The minimum Gasteiger partial charge on any atom is -0.404 e. The number of carbonyl (C=O) groups excluding carboxylic acids is 1. The molecule has 8 heteroatoms. The van der Waals surface area contributed by atoms with E-state index in [-0.39, 0.29) is 11.9 Å². The van der Waals surface area contributed by atoms with Gasteiger partial charge in [0.05, 0.1) is 11.7 Å². The molecule has 0 unspecified atom stereocenters. The van der Waals surface area contributed by atoms with Crippen molar-refractivity contribution >= 4 is 45.8 Å². The molecular formula is C24H24N6O2. The Morgan fingerprint density at radius 1 is 1.31 bits per heavy atom. The molecule has 8 nitrogen and oxygen atoms in total. The van der Waals surface area contributed by atoms with Gasteiger partial charge in [-0.25, -0.2) is 4.98 Å². The smallest absolute Gasteiger partial charge is 0.244 e. The van der Waals surface area contributed by atoms with Crippen molar-refractivity contribution in [2.75, 3.05) is 7.05 Å². The highest BCUT2D eigenvalue weighted by Crippen LogP contribution is 2.24. The summed E-state index contributed by atoms with van der Waals surface area (Å²) in [7, 11) is 1.69. The van der Waals surface area contributed by atoms with Gasteiger partial charge in [-0.3, -0.25) is 9.79 Å². The van der Waals surface area contributed by atoms with Crippen LogP contribution in [0.4, 0.5) is 0 Å². The van der Waals surface area contributed by atoms with Crippen LogP contribution in [0.3, 0.4) is 0 Å². The van der Waals surface area contributed by atoms with Crippen LogP contribution in [0.25, 0.3) is 33.7 Å². The number of aromatic nitrogens is 3. The third-order valence-electron chi connectivity index (χ3n) is 5.29. The summed E-state index contributed by atoms with van der Waals surface area (Å²) in [4.78, 5) is 24.1. The Morgan fingerprint density at radius 2 is 2.16 bits per heavy atom. The van der Waals surface area contributed by atoms with Crippen LogP contribution >= 0.6 is 0 Å². The maximum Gasteiger partial charge on any atom is 0.244 e. The van der Waals surface area contributed by atoms with Crippen molar-refractivity contribution < 1.29 is 9.32 Å². The van der Waals surface area contributed by atoms with Gasteiger partial charge in [0, 0.05) is 65.4 Å². The second-order valence-electron chi connectivity index (χ2n) is 7.46. The van der Waals surface area contributed by atoms with Gasteiger partial charge >= 0.3 is 0 Å². The van der Waals surface area contributed by atoms with Crippen LogP contribution in [-0.4, -0.2) is 34.3 Å². The number of aryl methyl sites for hydroxylation is 1. The number of aromatic amines is 1. The van der Waals surface area contributed by atoms with E-state index in [9.17, 15) is 4.79 Å². The van der Waals surface area contributed by atoms with E-state index in [2.05, 4.69) is 25.4 Å². The first kappa shape index (κ1) is 21.0. The SMILES string of the molecule is CN=C/C(=C\N)c1cnc2[nH]cc(/C=C/C(=O)N[C@H](C)c3ccc4onc(C)c4c3)c2c1. The molecule has 0 bridgehead atoms. The standard InChI is InChI=1S/C24H24N6O2/c1-14(16-4-6-22-20(8-16)15(2)30-32-22)29-23(31)7-5-17-12-27-24-21(17)9-18(13-28-24)19(10-25)11-26-3/h4-14H,25H2,1-3H3,(H,27,28)(H,29,31)/b7-5+,19-10+,26-11?/t14-/m1/s1. The van der Waals surface area contributed by atoms with E-state index in [0.717, 1.165) is 50.0 Å². The molecule has 0 radical (unpaired) electrons. The molecular weight excluding hydrogens is 404 g/mol. The zero-order valence-electron chi connectivity index (χ0n) is 18.1. The number of hydrogen-bond acceptors (Lipinski definition) is 6. The summed E-state index contributed by atoms with van der Waals surface area (Å²) in [5.74, 6) is -0.196. The molecule has 0 aliphatic heterocycles. The molecule has 32 heavy (non-hydrogen) atoms. The Bertz CT molecular complexity index is 1380. The Kier molecular flexibility index (Phi) is 5.85. The largest absolute Gasteiger partial charge is 0.404 e. The molecule has 0 spiro atoms. The number of rotatable bonds is 6. The number of hydrogen-bond donors (Lipinski definition) is 3. The first-order valence-electron chi connectivity index (χ1n) is 10.2. The lowest BCUT2D eigenvalue weighted by molar-refractivity contribution is -0.117. The second kappa shape index (κ2) is 8.89. The molecule has 4 aromatic rings. The van der Waals surface area contributed by atoms with Gasteiger partial charge in [0.25, 0.3) is 0 Å². The number of H-pyrrole nitrogens is 1. The molecule has 3 heterocycles. The number of nitrogens with two attached hydrogens (primary N) is 1. The number of pyridine rings is 1. The van der Waals surface area contributed by atoms with Gasteiger partial charge in [0.15, 0.2) is 5.58 Å². The summed E-state index contributed by atoms with van der Waals surface area (Å²) in [5.41, 5.74) is 11.4. The number of amides is 1. The van der Waals surface area contributed by atoms with Gasteiger partial charge in [-0.2, -0.15) is 0 Å². The summed E-state index contributed by atoms with van der Waals surface area (Å²) in [5, 5.41) is 8.80. The van der Waals surface area contributed by atoms with E-state index in [1.54, 1.807) is 25.5 Å². The molecule has 4 rings (SSSR count). The fourth-order valence-corrected chi connectivity index (χ4v) is 3.53. The average molecular weight is 428 g/mol. The Morgan fingerprint density at radius 3 is 2.94 bits per heavy atom. The second-order valence-corrected chi connectivity index (χ2v) is 7.46. The molecule has 3 aromatic heterocycles. The van der Waals surface area contributed by atoms with Crippen molar-refractivity contribution in [3.8, 4) is 0 Å². The summed E-state index contributed by atoms with van der Waals surface area (Å²) in [6.07, 6.45) is 10.00. The maximum absolute atomic E-state index is 12.5. The molecule has 0 aliphatic carbocycles. The molecule has 1 atom stereocenters. The van der Waals surface area contributed by atoms with Crippen LogP contribution in [-0.2, 0) is 4.79 Å². The van der Waals surface area contributed by atoms with E-state index in [1.165, 1.54) is 12.3 Å². The normalized spacial score (nSPS) is 13.5. The quantitative estimate of drug-likeness (QED) is 0.317. The van der Waals surface area contributed by atoms with Crippen LogP contribution in [0.1, 0.15) is 35.3 Å². The van der Waals surface area contributed by atoms with Crippen molar-refractivity contribution in [3.63, 3.8) is 0 Å². The zero-order valence-corrected chi connectivity index (χ0v) is 18.1. The molecule has 1 amide bonds. The number of allylic oxidation sites excluding steroid dienone is 1. The number of carbonyl (C=O) groups is 1. The van der Waals surface area contributed by atoms with Crippen molar-refractivity contribution in [3.05, 3.63) is 71.3 Å². The summed E-state index contributed by atoms with van der Waals surface area (Å²) in [6.45, 7) is 3.83. The number of aliphatic imine (C=N–C) groups is 1.